The van der Waals surface area contributed by atoms with Gasteiger partial charge in [0.05, 0.1) is 6.10 Å². The number of aliphatic hydroxyl groups excluding tert-OH is 2. The fourth-order valence-electron chi connectivity index (χ4n) is 0.769. The van der Waals surface area contributed by atoms with Gasteiger partial charge >= 0.3 is 15.2 Å². The van der Waals surface area contributed by atoms with E-state index in [1.165, 1.54) is 0 Å². The fourth-order valence-corrected chi connectivity index (χ4v) is 1.65. The third-order valence-electron chi connectivity index (χ3n) is 1.27. The number of rotatable bonds is 7. The van der Waals surface area contributed by atoms with Gasteiger partial charge in [0, 0.05) is 6.61 Å². The lowest BCUT2D eigenvalue weighted by molar-refractivity contribution is -0.711. The van der Waals surface area contributed by atoms with Crippen molar-refractivity contribution >= 4 is 10.1 Å². The summed E-state index contributed by atoms with van der Waals surface area (Å²) in [5.74, 6) is -0.853. The Morgan fingerprint density at radius 2 is 2.07 bits per heavy atom. The van der Waals surface area contributed by atoms with Gasteiger partial charge in [0.2, 0.25) is 0 Å². The zero-order valence-electron chi connectivity index (χ0n) is 7.20. The van der Waals surface area contributed by atoms with Crippen molar-refractivity contribution in [2.45, 2.75) is 18.9 Å². The molecule has 1 atom stereocenters. The van der Waals surface area contributed by atoms with Gasteiger partial charge in [-0.3, -0.25) is 0 Å². The van der Waals surface area contributed by atoms with Crippen molar-refractivity contribution in [2.24, 2.45) is 0 Å². The smallest absolute Gasteiger partial charge is 0.310 e. The van der Waals surface area contributed by atoms with E-state index in [-0.39, 0.29) is 19.4 Å². The molecule has 0 aliphatic heterocycles. The second-order valence-electron chi connectivity index (χ2n) is 2.54. The molecule has 0 aliphatic rings. The van der Waals surface area contributed by atoms with Crippen LogP contribution in [0.3, 0.4) is 0 Å². The summed E-state index contributed by atoms with van der Waals surface area (Å²) in [6.07, 6.45) is -1.02. The lowest BCUT2D eigenvalue weighted by Gasteiger charge is -2.08. The van der Waals surface area contributed by atoms with E-state index < -0.39 is 27.1 Å². The zero-order chi connectivity index (χ0) is 11.2. The van der Waals surface area contributed by atoms with Gasteiger partial charge in [-0.25, -0.2) is 8.42 Å². The third-order valence-corrected chi connectivity index (χ3v) is 2.41. The Kier molecular flexibility index (Phi) is 5.35. The van der Waals surface area contributed by atoms with Crippen LogP contribution < -0.4 is 0 Å². The lowest BCUT2D eigenvalue weighted by atomic mass is 10.2. The van der Waals surface area contributed by atoms with Crippen LogP contribution in [-0.2, 0) is 14.4 Å². The molecule has 84 valence electrons. The van der Waals surface area contributed by atoms with E-state index >= 15 is 0 Å². The molecule has 0 amide bonds. The first-order chi connectivity index (χ1) is 6.37. The first-order valence-electron chi connectivity index (χ1n) is 3.73. The Balaban J connectivity index is 4.02. The van der Waals surface area contributed by atoms with Gasteiger partial charge in [0.15, 0.2) is 0 Å². The number of aliphatic hydroxyl groups is 2. The molecule has 0 aromatic carbocycles. The molecule has 0 spiro atoms. The summed E-state index contributed by atoms with van der Waals surface area (Å²) in [7, 11) is -4.34. The van der Waals surface area contributed by atoms with Crippen LogP contribution >= 0.6 is 0 Å². The molecular formula is C5H11NO7S. The normalized spacial score (nSPS) is 13.6. The summed E-state index contributed by atoms with van der Waals surface area (Å²) in [5, 5.41) is 25.6. The predicted octanol–water partition coefficient (Wildman–Crippen LogP) is -1.34. The highest BCUT2D eigenvalue weighted by molar-refractivity contribution is 7.86. The van der Waals surface area contributed by atoms with Gasteiger partial charge in [-0.2, -0.15) is 4.28 Å². The molecular weight excluding hydrogens is 218 g/mol. The molecule has 0 aliphatic carbocycles. The predicted molar refractivity (Wildman–Crippen MR) is 44.2 cm³/mol. The van der Waals surface area contributed by atoms with Gasteiger partial charge < -0.3 is 10.2 Å². The van der Waals surface area contributed by atoms with E-state index in [2.05, 4.69) is 4.28 Å². The molecule has 0 bridgehead atoms. The van der Waals surface area contributed by atoms with Crippen LogP contribution in [-0.4, -0.2) is 42.2 Å². The van der Waals surface area contributed by atoms with E-state index in [0.29, 0.717) is 0 Å². The fraction of sp³-hybridized carbons (Fsp3) is 1.00. The van der Waals surface area contributed by atoms with Crippen LogP contribution in [0.1, 0.15) is 12.8 Å². The number of nitrogens with zero attached hydrogens (tertiary/aromatic N) is 1. The highest BCUT2D eigenvalue weighted by Gasteiger charge is 2.20. The summed E-state index contributed by atoms with van der Waals surface area (Å²) >= 11 is 0. The molecule has 0 radical (unpaired) electrons. The van der Waals surface area contributed by atoms with Crippen LogP contribution in [0.5, 0.6) is 0 Å². The molecule has 0 aromatic heterocycles. The molecule has 14 heavy (non-hydrogen) atoms. The van der Waals surface area contributed by atoms with Crippen LogP contribution in [0.4, 0.5) is 0 Å². The Bertz CT molecular complexity index is 274. The van der Waals surface area contributed by atoms with Gasteiger partial charge in [0.1, 0.15) is 5.75 Å². The first-order valence-corrected chi connectivity index (χ1v) is 5.30. The molecule has 2 N–H and O–H groups in total. The van der Waals surface area contributed by atoms with Gasteiger partial charge in [-0.1, -0.05) is 0 Å². The minimum absolute atomic E-state index is 0.0385. The van der Waals surface area contributed by atoms with Crippen molar-refractivity contribution in [3.05, 3.63) is 10.1 Å². The van der Waals surface area contributed by atoms with Crippen molar-refractivity contribution in [3.8, 4) is 0 Å². The largest absolute Gasteiger partial charge is 0.396 e. The van der Waals surface area contributed by atoms with E-state index in [1.54, 1.807) is 0 Å². The molecule has 1 unspecified atom stereocenters. The average Bonchev–Trinajstić information content (AvgIpc) is 1.96. The Labute approximate surface area is 80.3 Å². The molecule has 0 saturated heterocycles. The van der Waals surface area contributed by atoms with Gasteiger partial charge in [0.25, 0.3) is 0 Å². The number of hydrogen-bond acceptors (Lipinski definition) is 7. The number of hydrogen-bond donors (Lipinski definition) is 2. The Morgan fingerprint density at radius 1 is 1.50 bits per heavy atom. The second kappa shape index (κ2) is 5.73. The highest BCUT2D eigenvalue weighted by atomic mass is 32.2. The molecule has 8 nitrogen and oxygen atoms in total. The van der Waals surface area contributed by atoms with Gasteiger partial charge in [-0.15, -0.1) is 10.1 Å². The monoisotopic (exact) mass is 229 g/mol. The first kappa shape index (κ1) is 13.1. The average molecular weight is 229 g/mol. The maximum atomic E-state index is 10.7. The molecule has 0 saturated carbocycles. The lowest BCUT2D eigenvalue weighted by Crippen LogP contribution is -2.24. The molecule has 9 heteroatoms. The van der Waals surface area contributed by atoms with Crippen molar-refractivity contribution < 1.29 is 28.0 Å². The summed E-state index contributed by atoms with van der Waals surface area (Å²) in [6, 6.07) is 0. The highest BCUT2D eigenvalue weighted by Crippen LogP contribution is 2.03. The molecule has 0 heterocycles. The standard InChI is InChI=1S/C5H11NO7S/c7-3-1-2-5(8)4-14(11,12)13-6(9)10/h5,7-8H,1-4H2. The molecule has 0 aromatic rings. The van der Waals surface area contributed by atoms with Crippen LogP contribution in [0.25, 0.3) is 0 Å². The Morgan fingerprint density at radius 3 is 2.50 bits per heavy atom. The van der Waals surface area contributed by atoms with Crippen molar-refractivity contribution in [2.75, 3.05) is 12.4 Å². The summed E-state index contributed by atoms with van der Waals surface area (Å²) in [5.41, 5.74) is 0. The summed E-state index contributed by atoms with van der Waals surface area (Å²) < 4.78 is 24.8. The van der Waals surface area contributed by atoms with Crippen LogP contribution in [0.15, 0.2) is 0 Å². The van der Waals surface area contributed by atoms with Crippen molar-refractivity contribution in [1.82, 2.24) is 0 Å². The molecule has 0 fully saturated rings. The van der Waals surface area contributed by atoms with Crippen LogP contribution in [0.2, 0.25) is 0 Å². The second-order valence-corrected chi connectivity index (χ2v) is 4.14. The summed E-state index contributed by atoms with van der Waals surface area (Å²) in [6.45, 7) is -0.187. The van der Waals surface area contributed by atoms with E-state index in [1.807, 2.05) is 0 Å². The SMILES string of the molecule is O=[N+]([O-])OS(=O)(=O)CC(O)CCCO. The van der Waals surface area contributed by atoms with Crippen LogP contribution in [0, 0.1) is 10.1 Å². The van der Waals surface area contributed by atoms with Gasteiger partial charge in [-0.05, 0) is 12.8 Å². The topological polar surface area (TPSA) is 127 Å². The Hall–Kier alpha value is -0.930. The molecule has 0 rings (SSSR count). The van der Waals surface area contributed by atoms with E-state index in [4.69, 9.17) is 10.2 Å². The van der Waals surface area contributed by atoms with Crippen molar-refractivity contribution in [1.29, 1.82) is 0 Å². The van der Waals surface area contributed by atoms with E-state index in [9.17, 15) is 18.5 Å². The maximum absolute atomic E-state index is 10.7. The minimum Gasteiger partial charge on any atom is -0.396 e. The maximum Gasteiger partial charge on any atom is 0.310 e. The van der Waals surface area contributed by atoms with Crippen molar-refractivity contribution in [3.63, 3.8) is 0 Å². The van der Waals surface area contributed by atoms with E-state index in [0.717, 1.165) is 0 Å². The third kappa shape index (κ3) is 6.57. The zero-order valence-corrected chi connectivity index (χ0v) is 8.01. The summed E-state index contributed by atoms with van der Waals surface area (Å²) in [4.78, 5) is 9.69. The minimum atomic E-state index is -4.34. The quantitative estimate of drug-likeness (QED) is 0.408.